The highest BCUT2D eigenvalue weighted by Gasteiger charge is 2.31. The second kappa shape index (κ2) is 6.53. The summed E-state index contributed by atoms with van der Waals surface area (Å²) in [6.07, 6.45) is -1.88. The average Bonchev–Trinajstić information content (AvgIpc) is 2.87. The highest BCUT2D eigenvalue weighted by atomic mass is 35.5. The van der Waals surface area contributed by atoms with Crippen molar-refractivity contribution in [3.05, 3.63) is 46.5 Å². The topological polar surface area (TPSA) is 30.7 Å². The normalized spacial score (nSPS) is 12.1. The molecule has 25 heavy (non-hydrogen) atoms. The summed E-state index contributed by atoms with van der Waals surface area (Å²) in [6, 6.07) is 5.23. The van der Waals surface area contributed by atoms with Crippen LogP contribution in [0.15, 0.2) is 29.2 Å². The molecule has 0 fully saturated rings. The van der Waals surface area contributed by atoms with Crippen LogP contribution in [0, 0.1) is 6.92 Å². The van der Waals surface area contributed by atoms with E-state index in [9.17, 15) is 13.2 Å². The molecule has 0 saturated carbocycles. The minimum Gasteiger partial charge on any atom is -0.297 e. The number of benzene rings is 1. The molecule has 3 rings (SSSR count). The van der Waals surface area contributed by atoms with Gasteiger partial charge in [-0.3, -0.25) is 4.57 Å². The highest BCUT2D eigenvalue weighted by molar-refractivity contribution is 7.98. The van der Waals surface area contributed by atoms with Gasteiger partial charge in [-0.1, -0.05) is 24.6 Å². The third-order valence-electron chi connectivity index (χ3n) is 3.90. The van der Waals surface area contributed by atoms with Gasteiger partial charge >= 0.3 is 6.18 Å². The Morgan fingerprint density at radius 2 is 1.96 bits per heavy atom. The van der Waals surface area contributed by atoms with Gasteiger partial charge in [0.25, 0.3) is 0 Å². The maximum Gasteiger partial charge on any atom is 0.416 e. The van der Waals surface area contributed by atoms with E-state index in [0.717, 1.165) is 22.7 Å². The summed E-state index contributed by atoms with van der Waals surface area (Å²) >= 11 is 7.81. The summed E-state index contributed by atoms with van der Waals surface area (Å²) in [7, 11) is 0. The Hall–Kier alpha value is -1.73. The number of rotatable bonds is 3. The number of hydrogen-bond acceptors (Lipinski definition) is 3. The molecule has 0 unspecified atom stereocenters. The summed E-state index contributed by atoms with van der Waals surface area (Å²) in [5, 5.41) is 0.987. The number of hydrogen-bond donors (Lipinski definition) is 0. The molecule has 0 radical (unpaired) electrons. The van der Waals surface area contributed by atoms with Crippen LogP contribution in [0.1, 0.15) is 24.0 Å². The lowest BCUT2D eigenvalue weighted by Gasteiger charge is -2.13. The second-order valence-corrected chi connectivity index (χ2v) is 6.65. The molecule has 3 nitrogen and oxygen atoms in total. The lowest BCUT2D eigenvalue weighted by Crippen LogP contribution is -2.07. The van der Waals surface area contributed by atoms with Crippen molar-refractivity contribution in [2.24, 2.45) is 0 Å². The Kier molecular flexibility index (Phi) is 4.72. The van der Waals surface area contributed by atoms with Crippen molar-refractivity contribution in [1.29, 1.82) is 0 Å². The molecule has 0 bridgehead atoms. The minimum absolute atomic E-state index is 0.312. The summed E-state index contributed by atoms with van der Waals surface area (Å²) in [5.74, 6) is 0.471. The standard InChI is InChI=1S/C17H15ClF3N3S/c1-4-12-14(25-3)13-15(18)22-9(2)23-16(13)24(12)11-7-5-6-10(8-11)17(19,20)21/h5-8H,4H2,1-3H3. The molecule has 1 aromatic carbocycles. The quantitative estimate of drug-likeness (QED) is 0.429. The summed E-state index contributed by atoms with van der Waals surface area (Å²) in [5.41, 5.74) is 1.10. The van der Waals surface area contributed by atoms with Crippen LogP contribution in [0.2, 0.25) is 5.15 Å². The fraction of sp³-hybridized carbons (Fsp3) is 0.294. The molecule has 0 N–H and O–H groups in total. The van der Waals surface area contributed by atoms with E-state index in [2.05, 4.69) is 9.97 Å². The number of aryl methyl sites for hydroxylation is 1. The lowest BCUT2D eigenvalue weighted by atomic mass is 10.2. The highest BCUT2D eigenvalue weighted by Crippen LogP contribution is 2.39. The molecule has 0 aliphatic rings. The number of thioether (sulfide) groups is 1. The monoisotopic (exact) mass is 385 g/mol. The van der Waals surface area contributed by atoms with E-state index >= 15 is 0 Å². The van der Waals surface area contributed by atoms with Crippen LogP contribution in [0.5, 0.6) is 0 Å². The molecule has 0 aliphatic carbocycles. The predicted octanol–water partition coefficient (Wildman–Crippen LogP) is 5.69. The van der Waals surface area contributed by atoms with Gasteiger partial charge in [-0.05, 0) is 37.8 Å². The molecule has 132 valence electrons. The van der Waals surface area contributed by atoms with Gasteiger partial charge in [0, 0.05) is 16.3 Å². The van der Waals surface area contributed by atoms with Crippen LogP contribution >= 0.6 is 23.4 Å². The zero-order chi connectivity index (χ0) is 18.4. The van der Waals surface area contributed by atoms with E-state index in [4.69, 9.17) is 11.6 Å². The Morgan fingerprint density at radius 3 is 2.56 bits per heavy atom. The van der Waals surface area contributed by atoms with Crippen LogP contribution in [-0.4, -0.2) is 20.8 Å². The molecular formula is C17H15ClF3N3S. The van der Waals surface area contributed by atoms with Gasteiger partial charge in [-0.25, -0.2) is 9.97 Å². The van der Waals surface area contributed by atoms with Crippen molar-refractivity contribution < 1.29 is 13.2 Å². The van der Waals surface area contributed by atoms with E-state index in [0.29, 0.717) is 34.1 Å². The van der Waals surface area contributed by atoms with Crippen molar-refractivity contribution in [3.8, 4) is 5.69 Å². The van der Waals surface area contributed by atoms with Gasteiger partial charge in [-0.2, -0.15) is 13.2 Å². The van der Waals surface area contributed by atoms with Crippen LogP contribution in [0.4, 0.5) is 13.2 Å². The van der Waals surface area contributed by atoms with Crippen LogP contribution in [-0.2, 0) is 12.6 Å². The van der Waals surface area contributed by atoms with Gasteiger partial charge in [0.2, 0.25) is 0 Å². The minimum atomic E-state index is -4.41. The molecule has 0 amide bonds. The number of alkyl halides is 3. The van der Waals surface area contributed by atoms with Crippen LogP contribution in [0.25, 0.3) is 16.7 Å². The fourth-order valence-corrected chi connectivity index (χ4v) is 4.11. The summed E-state index contributed by atoms with van der Waals surface area (Å²) in [4.78, 5) is 9.54. The van der Waals surface area contributed by atoms with Crippen LogP contribution < -0.4 is 0 Å². The van der Waals surface area contributed by atoms with Crippen LogP contribution in [0.3, 0.4) is 0 Å². The van der Waals surface area contributed by atoms with Gasteiger partial charge in [-0.15, -0.1) is 11.8 Å². The van der Waals surface area contributed by atoms with Gasteiger partial charge in [0.15, 0.2) is 5.65 Å². The molecule has 0 saturated heterocycles. The zero-order valence-electron chi connectivity index (χ0n) is 13.8. The summed E-state index contributed by atoms with van der Waals surface area (Å²) < 4.78 is 41.1. The van der Waals surface area contributed by atoms with Crippen molar-refractivity contribution in [2.75, 3.05) is 6.26 Å². The average molecular weight is 386 g/mol. The molecule has 0 spiro atoms. The van der Waals surface area contributed by atoms with Gasteiger partial charge < -0.3 is 0 Å². The molecule has 8 heteroatoms. The van der Waals surface area contributed by atoms with E-state index in [1.54, 1.807) is 17.6 Å². The molecule has 0 atom stereocenters. The molecular weight excluding hydrogens is 371 g/mol. The van der Waals surface area contributed by atoms with Gasteiger partial charge in [0.05, 0.1) is 10.9 Å². The number of fused-ring (bicyclic) bond motifs is 1. The molecule has 3 aromatic rings. The first-order valence-electron chi connectivity index (χ1n) is 7.57. The lowest BCUT2D eigenvalue weighted by molar-refractivity contribution is -0.137. The van der Waals surface area contributed by atoms with Crippen molar-refractivity contribution in [3.63, 3.8) is 0 Å². The SMILES string of the molecule is CCc1c(SC)c2c(Cl)nc(C)nc2n1-c1cccc(C(F)(F)F)c1. The maximum absolute atomic E-state index is 13.1. The fourth-order valence-electron chi connectivity index (χ4n) is 2.89. The van der Waals surface area contributed by atoms with Crippen molar-refractivity contribution >= 4 is 34.4 Å². The van der Waals surface area contributed by atoms with E-state index in [1.165, 1.54) is 17.8 Å². The Balaban J connectivity index is 2.40. The maximum atomic E-state index is 13.1. The molecule has 0 aliphatic heterocycles. The van der Waals surface area contributed by atoms with Crippen molar-refractivity contribution in [1.82, 2.24) is 14.5 Å². The smallest absolute Gasteiger partial charge is 0.297 e. The first-order chi connectivity index (χ1) is 11.8. The molecule has 2 aromatic heterocycles. The largest absolute Gasteiger partial charge is 0.416 e. The third-order valence-corrected chi connectivity index (χ3v) is 5.02. The number of aromatic nitrogens is 3. The molecule has 2 heterocycles. The first kappa shape index (κ1) is 18.1. The van der Waals surface area contributed by atoms with Crippen molar-refractivity contribution in [2.45, 2.75) is 31.3 Å². The number of halogens is 4. The zero-order valence-corrected chi connectivity index (χ0v) is 15.4. The predicted molar refractivity (Wildman–Crippen MR) is 94.8 cm³/mol. The first-order valence-corrected chi connectivity index (χ1v) is 9.17. The Morgan fingerprint density at radius 1 is 1.24 bits per heavy atom. The second-order valence-electron chi connectivity index (χ2n) is 5.48. The van der Waals surface area contributed by atoms with Gasteiger partial charge in [0.1, 0.15) is 11.0 Å². The number of nitrogens with zero attached hydrogens (tertiary/aromatic N) is 3. The van der Waals surface area contributed by atoms with E-state index in [-0.39, 0.29) is 0 Å². The van der Waals surface area contributed by atoms with E-state index in [1.807, 2.05) is 13.2 Å². The Labute approximate surface area is 152 Å². The third kappa shape index (κ3) is 3.11. The summed E-state index contributed by atoms with van der Waals surface area (Å²) in [6.45, 7) is 3.66. The Bertz CT molecular complexity index is 950. The van der Waals surface area contributed by atoms with E-state index < -0.39 is 11.7 Å².